The van der Waals surface area contributed by atoms with Gasteiger partial charge in [0.1, 0.15) is 6.61 Å². The molecule has 2 rings (SSSR count). The number of halogens is 1. The Labute approximate surface area is 116 Å². The normalized spacial score (nSPS) is 10.4. The smallest absolute Gasteiger partial charge is 0.308 e. The third-order valence-electron chi connectivity index (χ3n) is 2.62. The van der Waals surface area contributed by atoms with Gasteiger partial charge >= 0.3 is 5.97 Å². The highest BCUT2D eigenvalue weighted by Gasteiger charge is 2.04. The fourth-order valence-corrected chi connectivity index (χ4v) is 1.74. The molecule has 2 aromatic rings. The molecule has 0 bridgehead atoms. The summed E-state index contributed by atoms with van der Waals surface area (Å²) >= 11 is 5.78. The van der Waals surface area contributed by atoms with Crippen LogP contribution < -0.4 is 0 Å². The van der Waals surface area contributed by atoms with Gasteiger partial charge in [-0.05, 0) is 30.2 Å². The second-order valence-electron chi connectivity index (χ2n) is 4.32. The zero-order chi connectivity index (χ0) is 13.7. The Balaban J connectivity index is 1.74. The van der Waals surface area contributed by atoms with Crippen LogP contribution in [-0.2, 0) is 22.7 Å². The number of aromatic nitrogens is 2. The predicted molar refractivity (Wildman–Crippen MR) is 72.8 cm³/mol. The molecule has 1 aromatic carbocycles. The number of carbonyl (C=O) groups is 1. The van der Waals surface area contributed by atoms with E-state index in [0.29, 0.717) is 18.0 Å². The summed E-state index contributed by atoms with van der Waals surface area (Å²) in [5.41, 5.74) is 2.00. The molecular weight excluding hydrogens is 264 g/mol. The third kappa shape index (κ3) is 4.41. The summed E-state index contributed by atoms with van der Waals surface area (Å²) in [5.74, 6) is -0.233. The Morgan fingerprint density at radius 1 is 1.37 bits per heavy atom. The van der Waals surface area contributed by atoms with Crippen LogP contribution in [0, 0.1) is 6.92 Å². The molecule has 0 aliphatic rings. The van der Waals surface area contributed by atoms with Gasteiger partial charge in [-0.25, -0.2) is 0 Å². The van der Waals surface area contributed by atoms with Gasteiger partial charge in [0.2, 0.25) is 0 Å². The van der Waals surface area contributed by atoms with Gasteiger partial charge in [0, 0.05) is 11.2 Å². The van der Waals surface area contributed by atoms with Crippen LogP contribution in [0.4, 0.5) is 0 Å². The molecule has 5 heteroatoms. The maximum Gasteiger partial charge on any atom is 0.308 e. The summed E-state index contributed by atoms with van der Waals surface area (Å²) in [6.07, 6.45) is 3.97. The topological polar surface area (TPSA) is 44.1 Å². The van der Waals surface area contributed by atoms with Gasteiger partial charge in [-0.3, -0.25) is 9.48 Å². The Kier molecular flexibility index (Phi) is 4.58. The molecule has 0 saturated carbocycles. The minimum Gasteiger partial charge on any atom is -0.461 e. The molecule has 4 nitrogen and oxygen atoms in total. The van der Waals surface area contributed by atoms with Gasteiger partial charge in [0.05, 0.1) is 19.2 Å². The molecule has 19 heavy (non-hydrogen) atoms. The first kappa shape index (κ1) is 13.6. The largest absolute Gasteiger partial charge is 0.461 e. The highest BCUT2D eigenvalue weighted by atomic mass is 35.5. The van der Waals surface area contributed by atoms with Crippen molar-refractivity contribution in [2.75, 3.05) is 0 Å². The summed E-state index contributed by atoms with van der Waals surface area (Å²) in [4.78, 5) is 11.6. The minimum absolute atomic E-state index is 0.233. The molecule has 0 amide bonds. The second-order valence-corrected chi connectivity index (χ2v) is 4.75. The summed E-state index contributed by atoms with van der Waals surface area (Å²) < 4.78 is 6.91. The molecule has 0 aliphatic heterocycles. The van der Waals surface area contributed by atoms with Crippen LogP contribution in [0.15, 0.2) is 36.7 Å². The van der Waals surface area contributed by atoms with Gasteiger partial charge in [-0.1, -0.05) is 23.7 Å². The van der Waals surface area contributed by atoms with Crippen LogP contribution in [0.1, 0.15) is 17.5 Å². The van der Waals surface area contributed by atoms with E-state index in [1.807, 2.05) is 25.3 Å². The molecule has 0 spiro atoms. The molecule has 100 valence electrons. The maximum atomic E-state index is 11.6. The lowest BCUT2D eigenvalue weighted by Crippen LogP contribution is -2.09. The summed E-state index contributed by atoms with van der Waals surface area (Å²) in [5, 5.41) is 4.78. The lowest BCUT2D eigenvalue weighted by Gasteiger charge is -2.05. The van der Waals surface area contributed by atoms with Crippen LogP contribution in [-0.4, -0.2) is 15.7 Å². The highest BCUT2D eigenvalue weighted by molar-refractivity contribution is 6.30. The van der Waals surface area contributed by atoms with Crippen molar-refractivity contribution in [3.8, 4) is 0 Å². The van der Waals surface area contributed by atoms with Crippen molar-refractivity contribution in [1.29, 1.82) is 0 Å². The molecular formula is C14H15ClN2O2. The van der Waals surface area contributed by atoms with E-state index < -0.39 is 0 Å². The van der Waals surface area contributed by atoms with E-state index in [0.717, 1.165) is 11.1 Å². The van der Waals surface area contributed by atoms with Crippen LogP contribution in [0.2, 0.25) is 5.02 Å². The number of hydrogen-bond acceptors (Lipinski definition) is 3. The molecule has 0 saturated heterocycles. The highest BCUT2D eigenvalue weighted by Crippen LogP contribution is 2.10. The first-order valence-corrected chi connectivity index (χ1v) is 6.40. The van der Waals surface area contributed by atoms with Gasteiger partial charge in [0.15, 0.2) is 0 Å². The Hall–Kier alpha value is -1.81. The summed E-state index contributed by atoms with van der Waals surface area (Å²) in [6.45, 7) is 2.77. The lowest BCUT2D eigenvalue weighted by molar-refractivity contribution is -0.145. The van der Waals surface area contributed by atoms with Crippen molar-refractivity contribution in [3.63, 3.8) is 0 Å². The summed E-state index contributed by atoms with van der Waals surface area (Å²) in [7, 11) is 0. The summed E-state index contributed by atoms with van der Waals surface area (Å²) in [6, 6.07) is 7.23. The number of ether oxygens (including phenoxy) is 1. The van der Waals surface area contributed by atoms with Gasteiger partial charge < -0.3 is 4.74 Å². The van der Waals surface area contributed by atoms with Crippen molar-refractivity contribution in [3.05, 3.63) is 52.8 Å². The van der Waals surface area contributed by atoms with E-state index >= 15 is 0 Å². The molecule has 0 atom stereocenters. The molecule has 0 fully saturated rings. The van der Waals surface area contributed by atoms with E-state index in [2.05, 4.69) is 5.10 Å². The van der Waals surface area contributed by atoms with E-state index in [1.54, 1.807) is 23.0 Å². The van der Waals surface area contributed by atoms with Crippen LogP contribution >= 0.6 is 11.6 Å². The monoisotopic (exact) mass is 278 g/mol. The lowest BCUT2D eigenvalue weighted by atomic mass is 10.2. The Morgan fingerprint density at radius 3 is 2.74 bits per heavy atom. The van der Waals surface area contributed by atoms with Crippen molar-refractivity contribution in [2.45, 2.75) is 26.5 Å². The second kappa shape index (κ2) is 6.38. The zero-order valence-corrected chi connectivity index (χ0v) is 11.4. The van der Waals surface area contributed by atoms with Gasteiger partial charge in [-0.15, -0.1) is 0 Å². The van der Waals surface area contributed by atoms with E-state index in [1.165, 1.54) is 0 Å². The first-order chi connectivity index (χ1) is 9.13. The average molecular weight is 279 g/mol. The number of aryl methyl sites for hydroxylation is 2. The first-order valence-electron chi connectivity index (χ1n) is 6.02. The molecule has 1 aromatic heterocycles. The molecule has 0 aliphatic carbocycles. The van der Waals surface area contributed by atoms with Crippen LogP contribution in [0.3, 0.4) is 0 Å². The van der Waals surface area contributed by atoms with Gasteiger partial charge in [0.25, 0.3) is 0 Å². The number of esters is 1. The average Bonchev–Trinajstić information content (AvgIpc) is 2.81. The van der Waals surface area contributed by atoms with E-state index in [-0.39, 0.29) is 12.6 Å². The zero-order valence-electron chi connectivity index (χ0n) is 10.7. The van der Waals surface area contributed by atoms with Crippen molar-refractivity contribution >= 4 is 17.6 Å². The number of benzene rings is 1. The quantitative estimate of drug-likeness (QED) is 0.790. The molecule has 0 unspecified atom stereocenters. The number of carbonyl (C=O) groups excluding carboxylic acids is 1. The predicted octanol–water partition coefficient (Wildman–Crippen LogP) is 2.98. The fraction of sp³-hybridized carbons (Fsp3) is 0.286. The number of nitrogens with zero attached hydrogens (tertiary/aromatic N) is 2. The van der Waals surface area contributed by atoms with Gasteiger partial charge in [-0.2, -0.15) is 5.10 Å². The van der Waals surface area contributed by atoms with Crippen molar-refractivity contribution in [1.82, 2.24) is 9.78 Å². The molecule has 0 N–H and O–H groups in total. The Morgan fingerprint density at radius 2 is 2.11 bits per heavy atom. The fourth-order valence-electron chi connectivity index (χ4n) is 1.61. The van der Waals surface area contributed by atoms with E-state index in [4.69, 9.17) is 16.3 Å². The SMILES string of the molecule is Cc1cnn(CCC(=O)OCc2ccc(Cl)cc2)c1. The van der Waals surface area contributed by atoms with Crippen molar-refractivity contribution < 1.29 is 9.53 Å². The van der Waals surface area contributed by atoms with Crippen LogP contribution in [0.5, 0.6) is 0 Å². The number of hydrogen-bond donors (Lipinski definition) is 0. The third-order valence-corrected chi connectivity index (χ3v) is 2.87. The standard InChI is InChI=1S/C14H15ClN2O2/c1-11-8-16-17(9-11)7-6-14(18)19-10-12-2-4-13(15)5-3-12/h2-5,8-9H,6-7,10H2,1H3. The number of rotatable bonds is 5. The van der Waals surface area contributed by atoms with Crippen LogP contribution in [0.25, 0.3) is 0 Å². The molecule has 0 radical (unpaired) electrons. The Bertz CT molecular complexity index is 549. The minimum atomic E-state index is -0.233. The molecule has 1 heterocycles. The van der Waals surface area contributed by atoms with E-state index in [9.17, 15) is 4.79 Å². The van der Waals surface area contributed by atoms with Crippen molar-refractivity contribution in [2.24, 2.45) is 0 Å². The maximum absolute atomic E-state index is 11.6.